The Balaban J connectivity index is 5.24. The van der Waals surface area contributed by atoms with Crippen LogP contribution in [-0.4, -0.2) is 74.3 Å². The number of likely N-dealkylation sites (N-methyl/N-ethyl adjacent to an activating group) is 1. The Hall–Kier alpha value is -3.07. The van der Waals surface area contributed by atoms with Gasteiger partial charge >= 0.3 is 13.8 Å². The number of carbonyl (C=O) groups excluding carboxylic acids is 2. The van der Waals surface area contributed by atoms with Crippen molar-refractivity contribution in [2.24, 2.45) is 0 Å². The lowest BCUT2D eigenvalue weighted by Crippen LogP contribution is -2.47. The molecular formula is C71H128N2O7P+. The first-order valence-corrected chi connectivity index (χ1v) is 35.1. The van der Waals surface area contributed by atoms with E-state index in [4.69, 9.17) is 13.8 Å². The summed E-state index contributed by atoms with van der Waals surface area (Å²) in [5.74, 6) is -0.527. The summed E-state index contributed by atoms with van der Waals surface area (Å²) < 4.78 is 30.8. The van der Waals surface area contributed by atoms with Crippen LogP contribution in [0.25, 0.3) is 0 Å². The van der Waals surface area contributed by atoms with Gasteiger partial charge in [-0.3, -0.25) is 18.6 Å². The Labute approximate surface area is 500 Å². The molecule has 0 radical (unpaired) electrons. The van der Waals surface area contributed by atoms with Crippen LogP contribution < -0.4 is 5.32 Å². The predicted molar refractivity (Wildman–Crippen MR) is 350 cm³/mol. The van der Waals surface area contributed by atoms with Gasteiger partial charge in [-0.05, 0) is 109 Å². The van der Waals surface area contributed by atoms with E-state index in [0.29, 0.717) is 23.9 Å². The van der Waals surface area contributed by atoms with Crippen molar-refractivity contribution in [2.75, 3.05) is 40.9 Å². The number of hydrogen-bond acceptors (Lipinski definition) is 6. The van der Waals surface area contributed by atoms with Gasteiger partial charge in [-0.25, -0.2) is 4.57 Å². The molecule has 0 saturated carbocycles. The van der Waals surface area contributed by atoms with E-state index in [9.17, 15) is 19.0 Å². The Bertz CT molecular complexity index is 1710. The van der Waals surface area contributed by atoms with Crippen molar-refractivity contribution in [3.63, 3.8) is 0 Å². The molecule has 0 aliphatic heterocycles. The van der Waals surface area contributed by atoms with E-state index in [1.165, 1.54) is 141 Å². The minimum atomic E-state index is -4.46. The Morgan fingerprint density at radius 1 is 0.444 bits per heavy atom. The molecule has 0 fully saturated rings. The van der Waals surface area contributed by atoms with Crippen molar-refractivity contribution < 1.29 is 37.3 Å². The van der Waals surface area contributed by atoms with Crippen LogP contribution in [0.5, 0.6) is 0 Å². The highest BCUT2D eigenvalue weighted by Gasteiger charge is 2.30. The fraction of sp³-hybridized carbons (Fsp3) is 0.746. The van der Waals surface area contributed by atoms with Crippen molar-refractivity contribution in [3.8, 4) is 0 Å². The van der Waals surface area contributed by atoms with Gasteiger partial charge in [-0.15, -0.1) is 0 Å². The van der Waals surface area contributed by atoms with Crippen LogP contribution in [0.1, 0.15) is 290 Å². The molecule has 0 aromatic rings. The molecular weight excluding hydrogens is 1020 g/mol. The number of quaternary nitrogens is 1. The molecule has 0 saturated heterocycles. The summed E-state index contributed by atoms with van der Waals surface area (Å²) in [4.78, 5) is 37.9. The smallest absolute Gasteiger partial charge is 0.456 e. The average molecular weight is 1150 g/mol. The molecule has 1 amide bonds. The number of hydrogen-bond donors (Lipinski definition) is 2. The molecule has 9 nitrogen and oxygen atoms in total. The molecule has 2 N–H and O–H groups in total. The molecule has 0 bridgehead atoms. The topological polar surface area (TPSA) is 111 Å². The largest absolute Gasteiger partial charge is 0.472 e. The zero-order chi connectivity index (χ0) is 59.3. The van der Waals surface area contributed by atoms with E-state index in [2.05, 4.69) is 111 Å². The SMILES string of the molecule is CC/C=C\C/C=C\C/C=C\C/C=C\C/C=C\CCCCCCCC(=O)OC(/C=C/CCCCCCCCCCCCC)C(COP(=O)(O)OCC[N+](C)(C)C)NC(=O)CCCCCCCCCCCCC/C=C\C/C=C\CCCCC. The van der Waals surface area contributed by atoms with Crippen molar-refractivity contribution >= 4 is 19.7 Å². The third-order valence-electron chi connectivity index (χ3n) is 14.5. The van der Waals surface area contributed by atoms with E-state index in [-0.39, 0.29) is 31.5 Å². The first-order valence-electron chi connectivity index (χ1n) is 33.6. The minimum absolute atomic E-state index is 0.0326. The van der Waals surface area contributed by atoms with Crippen molar-refractivity contribution in [1.82, 2.24) is 5.32 Å². The Morgan fingerprint density at radius 2 is 0.790 bits per heavy atom. The lowest BCUT2D eigenvalue weighted by atomic mass is 10.0. The van der Waals surface area contributed by atoms with E-state index in [0.717, 1.165) is 109 Å². The second-order valence-corrected chi connectivity index (χ2v) is 25.1. The van der Waals surface area contributed by atoms with Crippen LogP contribution in [0.2, 0.25) is 0 Å². The molecule has 468 valence electrons. The number of amides is 1. The summed E-state index contributed by atoms with van der Waals surface area (Å²) >= 11 is 0. The van der Waals surface area contributed by atoms with Crippen LogP contribution in [0.4, 0.5) is 0 Å². The molecule has 10 heteroatoms. The molecule has 0 aliphatic rings. The quantitative estimate of drug-likeness (QED) is 0.0205. The summed E-state index contributed by atoms with van der Waals surface area (Å²) in [7, 11) is 1.48. The monoisotopic (exact) mass is 1150 g/mol. The normalized spacial score (nSPS) is 14.2. The highest BCUT2D eigenvalue weighted by atomic mass is 31.2. The summed E-state index contributed by atoms with van der Waals surface area (Å²) in [6, 6.07) is -0.864. The van der Waals surface area contributed by atoms with Crippen LogP contribution in [0.3, 0.4) is 0 Å². The molecule has 3 atom stereocenters. The highest BCUT2D eigenvalue weighted by molar-refractivity contribution is 7.47. The Kier molecular flexibility index (Phi) is 57.8. The van der Waals surface area contributed by atoms with Gasteiger partial charge in [-0.2, -0.15) is 0 Å². The van der Waals surface area contributed by atoms with Gasteiger partial charge in [0.15, 0.2) is 0 Å². The van der Waals surface area contributed by atoms with Crippen molar-refractivity contribution in [1.29, 1.82) is 0 Å². The maximum Gasteiger partial charge on any atom is 0.472 e. The predicted octanol–water partition coefficient (Wildman–Crippen LogP) is 21.1. The van der Waals surface area contributed by atoms with Gasteiger partial charge in [0, 0.05) is 12.8 Å². The van der Waals surface area contributed by atoms with E-state index in [1.54, 1.807) is 0 Å². The average Bonchev–Trinajstić information content (AvgIpc) is 3.44. The van der Waals surface area contributed by atoms with Gasteiger partial charge < -0.3 is 19.4 Å². The van der Waals surface area contributed by atoms with E-state index in [1.807, 2.05) is 33.3 Å². The van der Waals surface area contributed by atoms with Crippen LogP contribution in [0.15, 0.2) is 97.2 Å². The number of carbonyl (C=O) groups is 2. The van der Waals surface area contributed by atoms with Gasteiger partial charge in [0.1, 0.15) is 19.3 Å². The first kappa shape index (κ1) is 77.9. The summed E-state index contributed by atoms with van der Waals surface area (Å²) in [6.07, 6.45) is 81.2. The third kappa shape index (κ3) is 61.3. The fourth-order valence-corrected chi connectivity index (χ4v) is 10.1. The maximum absolute atomic E-state index is 13.6. The number of phosphoric acid groups is 1. The zero-order valence-electron chi connectivity index (χ0n) is 53.5. The highest BCUT2D eigenvalue weighted by Crippen LogP contribution is 2.43. The number of phosphoric ester groups is 1. The van der Waals surface area contributed by atoms with Gasteiger partial charge in [0.2, 0.25) is 5.91 Å². The number of nitrogens with zero attached hydrogens (tertiary/aromatic N) is 1. The summed E-state index contributed by atoms with van der Waals surface area (Å²) in [5.41, 5.74) is 0. The fourth-order valence-electron chi connectivity index (χ4n) is 9.35. The number of allylic oxidation sites excluding steroid dienone is 15. The number of esters is 1. The third-order valence-corrected chi connectivity index (χ3v) is 15.5. The number of ether oxygens (including phenoxy) is 1. The van der Waals surface area contributed by atoms with Crippen LogP contribution in [0, 0.1) is 0 Å². The van der Waals surface area contributed by atoms with Gasteiger partial charge in [-0.1, -0.05) is 266 Å². The molecule has 81 heavy (non-hydrogen) atoms. The second-order valence-electron chi connectivity index (χ2n) is 23.6. The van der Waals surface area contributed by atoms with Crippen LogP contribution >= 0.6 is 7.82 Å². The van der Waals surface area contributed by atoms with E-state index >= 15 is 0 Å². The molecule has 0 aliphatic carbocycles. The first-order chi connectivity index (χ1) is 39.4. The number of rotatable bonds is 60. The zero-order valence-corrected chi connectivity index (χ0v) is 54.4. The lowest BCUT2D eigenvalue weighted by Gasteiger charge is -2.27. The lowest BCUT2D eigenvalue weighted by molar-refractivity contribution is -0.870. The van der Waals surface area contributed by atoms with Crippen LogP contribution in [-0.2, 0) is 27.9 Å². The van der Waals surface area contributed by atoms with Gasteiger partial charge in [0.25, 0.3) is 0 Å². The Morgan fingerprint density at radius 3 is 1.21 bits per heavy atom. The second kappa shape index (κ2) is 60.1. The molecule has 0 spiro atoms. The number of unbranched alkanes of at least 4 members (excludes halogenated alkanes) is 30. The van der Waals surface area contributed by atoms with Crippen molar-refractivity contribution in [2.45, 2.75) is 303 Å². The maximum atomic E-state index is 13.6. The molecule has 0 heterocycles. The van der Waals surface area contributed by atoms with Crippen molar-refractivity contribution in [3.05, 3.63) is 97.2 Å². The minimum Gasteiger partial charge on any atom is -0.456 e. The molecule has 0 aromatic heterocycles. The van der Waals surface area contributed by atoms with E-state index < -0.39 is 20.0 Å². The molecule has 0 rings (SSSR count). The van der Waals surface area contributed by atoms with Gasteiger partial charge in [0.05, 0.1) is 33.8 Å². The summed E-state index contributed by atoms with van der Waals surface area (Å²) in [5, 5.41) is 3.06. The standard InChI is InChI=1S/C71H127N2O7P/c1-7-10-13-16-19-22-25-28-30-32-34-36-38-40-42-45-48-51-54-57-60-63-70(74)72-68(67-79-81(76,77)78-66-65-73(4,5)6)69(62-59-56-53-50-47-44-27-24-21-18-15-12-9-3)80-71(75)64-61-58-55-52-49-46-43-41-39-37-35-33-31-29-26-23-20-17-14-11-8-2/h11,14,19-20,22-23,28-31,35,37,41,43,59,62,68-69H,7-10,12-13,15-18,21,24-27,32-34,36,38-40,42,44-58,60-61,63-67H2,1-6H3,(H-,72,74,76,77)/p+1/b14-11-,22-19-,23-20-,30-28-,31-29-,37-35-,43-41-,62-59+. The summed E-state index contributed by atoms with van der Waals surface area (Å²) in [6.45, 7) is 6.88. The molecule has 3 unspecified atom stereocenters. The number of nitrogens with one attached hydrogen (secondary N) is 1. The molecule has 0 aromatic carbocycles.